The van der Waals surface area contributed by atoms with Crippen LogP contribution in [0.5, 0.6) is 0 Å². The van der Waals surface area contributed by atoms with Crippen LogP contribution < -0.4 is 5.32 Å². The van der Waals surface area contributed by atoms with E-state index in [1.165, 1.54) is 12.1 Å². The third-order valence-corrected chi connectivity index (χ3v) is 3.79. The molecule has 1 aromatic heterocycles. The van der Waals surface area contributed by atoms with Crippen LogP contribution in [0.4, 0.5) is 4.39 Å². The fourth-order valence-electron chi connectivity index (χ4n) is 2.48. The van der Waals surface area contributed by atoms with Crippen molar-refractivity contribution in [3.63, 3.8) is 0 Å². The zero-order chi connectivity index (χ0) is 17.1. The Morgan fingerprint density at radius 3 is 2.67 bits per heavy atom. The van der Waals surface area contributed by atoms with Gasteiger partial charge in [0.05, 0.1) is 11.2 Å². The van der Waals surface area contributed by atoms with Crippen molar-refractivity contribution in [2.45, 2.75) is 0 Å². The molecule has 0 bridgehead atoms. The van der Waals surface area contributed by atoms with Gasteiger partial charge in [0.25, 0.3) is 5.91 Å². The van der Waals surface area contributed by atoms with Gasteiger partial charge in [0.15, 0.2) is 0 Å². The average molecular weight is 326 g/mol. The number of H-pyrrole nitrogens is 1. The maximum absolute atomic E-state index is 13.1. The summed E-state index contributed by atoms with van der Waals surface area (Å²) in [7, 11) is 3.91. The Balaban J connectivity index is 1.88. The summed E-state index contributed by atoms with van der Waals surface area (Å²) in [4.78, 5) is 14.3. The molecule has 0 saturated heterocycles. The lowest BCUT2D eigenvalue weighted by Crippen LogP contribution is -2.31. The van der Waals surface area contributed by atoms with Crippen molar-refractivity contribution < 1.29 is 9.18 Å². The molecule has 0 aliphatic heterocycles. The van der Waals surface area contributed by atoms with Crippen LogP contribution in [-0.4, -0.2) is 48.2 Å². The van der Waals surface area contributed by atoms with E-state index in [4.69, 9.17) is 0 Å². The predicted molar refractivity (Wildman–Crippen MR) is 92.4 cm³/mol. The molecule has 24 heavy (non-hydrogen) atoms. The highest BCUT2D eigenvalue weighted by Gasteiger charge is 2.12. The number of aromatic nitrogens is 2. The Kier molecular flexibility index (Phi) is 4.57. The Morgan fingerprint density at radius 2 is 1.96 bits per heavy atom. The fourth-order valence-corrected chi connectivity index (χ4v) is 2.48. The molecule has 124 valence electrons. The molecule has 1 heterocycles. The summed E-state index contributed by atoms with van der Waals surface area (Å²) in [5.74, 6) is -0.412. The molecular weight excluding hydrogens is 307 g/mol. The van der Waals surface area contributed by atoms with Crippen LogP contribution in [0.2, 0.25) is 0 Å². The zero-order valence-electron chi connectivity index (χ0n) is 13.6. The smallest absolute Gasteiger partial charge is 0.251 e. The van der Waals surface area contributed by atoms with Crippen LogP contribution in [0.25, 0.3) is 22.2 Å². The molecule has 0 saturated carbocycles. The number of nitrogens with zero attached hydrogens (tertiary/aromatic N) is 2. The minimum absolute atomic E-state index is 0.120. The fraction of sp³-hybridized carbons (Fsp3) is 0.222. The molecule has 0 fully saturated rings. The van der Waals surface area contributed by atoms with Crippen molar-refractivity contribution in [1.29, 1.82) is 0 Å². The molecule has 0 spiro atoms. The average Bonchev–Trinajstić information content (AvgIpc) is 2.98. The highest BCUT2D eigenvalue weighted by Crippen LogP contribution is 2.27. The molecule has 0 aliphatic carbocycles. The van der Waals surface area contributed by atoms with Gasteiger partial charge in [-0.2, -0.15) is 5.10 Å². The van der Waals surface area contributed by atoms with Crippen LogP contribution >= 0.6 is 0 Å². The molecule has 0 radical (unpaired) electrons. The number of fused-ring (bicyclic) bond motifs is 1. The van der Waals surface area contributed by atoms with E-state index in [0.717, 1.165) is 23.0 Å². The number of benzene rings is 2. The number of carbonyl (C=O) groups is 1. The number of hydrogen-bond donors (Lipinski definition) is 2. The van der Waals surface area contributed by atoms with Gasteiger partial charge >= 0.3 is 0 Å². The maximum atomic E-state index is 13.1. The second-order valence-corrected chi connectivity index (χ2v) is 5.90. The summed E-state index contributed by atoms with van der Waals surface area (Å²) in [6.07, 6.45) is 0. The molecule has 6 heteroatoms. The van der Waals surface area contributed by atoms with Crippen LogP contribution in [0, 0.1) is 5.82 Å². The van der Waals surface area contributed by atoms with E-state index in [1.807, 2.05) is 31.1 Å². The van der Waals surface area contributed by atoms with Crippen LogP contribution in [0.1, 0.15) is 10.4 Å². The standard InChI is InChI=1S/C18H19FN4O/c1-23(2)10-9-20-18(24)13-5-8-16-15(11-13)17(22-21-16)12-3-6-14(19)7-4-12/h3-8,11H,9-10H2,1-2H3,(H,20,24)(H,21,22). The Hall–Kier alpha value is -2.73. The summed E-state index contributed by atoms with van der Waals surface area (Å²) in [5, 5.41) is 11.0. The zero-order valence-corrected chi connectivity index (χ0v) is 13.6. The molecule has 3 aromatic rings. The molecule has 2 aromatic carbocycles. The summed E-state index contributed by atoms with van der Waals surface area (Å²) in [6.45, 7) is 1.36. The molecular formula is C18H19FN4O. The Bertz CT molecular complexity index is 855. The summed E-state index contributed by atoms with van der Waals surface area (Å²) in [5.41, 5.74) is 2.91. The first-order chi connectivity index (χ1) is 11.5. The number of nitrogens with one attached hydrogen (secondary N) is 2. The van der Waals surface area contributed by atoms with Gasteiger partial charge in [0, 0.05) is 29.6 Å². The second kappa shape index (κ2) is 6.80. The van der Waals surface area contributed by atoms with Crippen molar-refractivity contribution in [3.05, 3.63) is 53.8 Å². The van der Waals surface area contributed by atoms with Gasteiger partial charge in [0.1, 0.15) is 5.82 Å². The van der Waals surface area contributed by atoms with E-state index in [0.29, 0.717) is 17.8 Å². The van der Waals surface area contributed by atoms with Gasteiger partial charge in [0.2, 0.25) is 0 Å². The Labute approximate surface area is 139 Å². The minimum atomic E-state index is -0.292. The van der Waals surface area contributed by atoms with E-state index in [-0.39, 0.29) is 11.7 Å². The van der Waals surface area contributed by atoms with E-state index >= 15 is 0 Å². The normalized spacial score (nSPS) is 11.2. The first-order valence-corrected chi connectivity index (χ1v) is 7.71. The van der Waals surface area contributed by atoms with E-state index in [1.54, 1.807) is 18.2 Å². The van der Waals surface area contributed by atoms with Crippen molar-refractivity contribution in [2.24, 2.45) is 0 Å². The molecule has 0 atom stereocenters. The van der Waals surface area contributed by atoms with Gasteiger partial charge < -0.3 is 10.2 Å². The van der Waals surface area contributed by atoms with Crippen molar-refractivity contribution in [1.82, 2.24) is 20.4 Å². The van der Waals surface area contributed by atoms with Crippen molar-refractivity contribution >= 4 is 16.8 Å². The van der Waals surface area contributed by atoms with Crippen molar-refractivity contribution in [3.8, 4) is 11.3 Å². The number of halogens is 1. The lowest BCUT2D eigenvalue weighted by atomic mass is 10.1. The van der Waals surface area contributed by atoms with E-state index in [2.05, 4.69) is 15.5 Å². The molecule has 1 amide bonds. The lowest BCUT2D eigenvalue weighted by molar-refractivity contribution is 0.0951. The monoisotopic (exact) mass is 326 g/mol. The molecule has 3 rings (SSSR count). The van der Waals surface area contributed by atoms with Gasteiger partial charge in [-0.1, -0.05) is 0 Å². The molecule has 2 N–H and O–H groups in total. The molecule has 0 unspecified atom stereocenters. The summed E-state index contributed by atoms with van der Waals surface area (Å²) >= 11 is 0. The number of amides is 1. The third kappa shape index (κ3) is 3.44. The highest BCUT2D eigenvalue weighted by atomic mass is 19.1. The summed E-state index contributed by atoms with van der Waals surface area (Å²) < 4.78 is 13.1. The lowest BCUT2D eigenvalue weighted by Gasteiger charge is -2.10. The second-order valence-electron chi connectivity index (χ2n) is 5.90. The minimum Gasteiger partial charge on any atom is -0.351 e. The number of hydrogen-bond acceptors (Lipinski definition) is 3. The van der Waals surface area contributed by atoms with Gasteiger partial charge in [-0.05, 0) is 56.6 Å². The third-order valence-electron chi connectivity index (χ3n) is 3.79. The van der Waals surface area contributed by atoms with Crippen LogP contribution in [0.15, 0.2) is 42.5 Å². The predicted octanol–water partition coefficient (Wildman–Crippen LogP) is 2.66. The number of rotatable bonds is 5. The number of likely N-dealkylation sites (N-methyl/N-ethyl adjacent to an activating group) is 1. The summed E-state index contributed by atoms with van der Waals surface area (Å²) in [6, 6.07) is 11.5. The topological polar surface area (TPSA) is 61.0 Å². The van der Waals surface area contributed by atoms with E-state index < -0.39 is 0 Å². The number of carbonyl (C=O) groups excluding carboxylic acids is 1. The van der Waals surface area contributed by atoms with Gasteiger partial charge in [-0.3, -0.25) is 9.89 Å². The largest absolute Gasteiger partial charge is 0.351 e. The molecule has 5 nitrogen and oxygen atoms in total. The molecule has 0 aliphatic rings. The van der Waals surface area contributed by atoms with Crippen molar-refractivity contribution in [2.75, 3.05) is 27.2 Å². The maximum Gasteiger partial charge on any atom is 0.251 e. The van der Waals surface area contributed by atoms with Crippen LogP contribution in [-0.2, 0) is 0 Å². The first-order valence-electron chi connectivity index (χ1n) is 7.71. The van der Waals surface area contributed by atoms with Gasteiger partial charge in [-0.15, -0.1) is 0 Å². The van der Waals surface area contributed by atoms with Crippen LogP contribution in [0.3, 0.4) is 0 Å². The SMILES string of the molecule is CN(C)CCNC(=O)c1ccc2[nH]nc(-c3ccc(F)cc3)c2c1. The van der Waals surface area contributed by atoms with Gasteiger partial charge in [-0.25, -0.2) is 4.39 Å². The first kappa shape index (κ1) is 16.1. The van der Waals surface area contributed by atoms with E-state index in [9.17, 15) is 9.18 Å². The Morgan fingerprint density at radius 1 is 1.21 bits per heavy atom. The highest BCUT2D eigenvalue weighted by molar-refractivity contribution is 6.01. The quantitative estimate of drug-likeness (QED) is 0.758. The number of aromatic amines is 1.